The Labute approximate surface area is 130 Å². The molecule has 0 saturated carbocycles. The highest BCUT2D eigenvalue weighted by molar-refractivity contribution is 4.93. The molecule has 0 spiro atoms. The lowest BCUT2D eigenvalue weighted by Gasteiger charge is -2.44. The fraction of sp³-hybridized carbons (Fsp3) is 1.00. The van der Waals surface area contributed by atoms with Crippen LogP contribution < -0.4 is 0 Å². The van der Waals surface area contributed by atoms with E-state index in [0.29, 0.717) is 0 Å². The summed E-state index contributed by atoms with van der Waals surface area (Å²) in [5.74, 6) is -2.38. The van der Waals surface area contributed by atoms with Crippen molar-refractivity contribution in [1.29, 1.82) is 0 Å². The second kappa shape index (κ2) is 7.21. The summed E-state index contributed by atoms with van der Waals surface area (Å²) in [6.07, 6.45) is -12.6. The van der Waals surface area contributed by atoms with Crippen LogP contribution in [-0.2, 0) is 14.2 Å². The topological polar surface area (TPSA) is 190 Å². The summed E-state index contributed by atoms with van der Waals surface area (Å²) in [7, 11) is 0. The van der Waals surface area contributed by atoms with E-state index in [0.717, 1.165) is 0 Å². The predicted octanol–water partition coefficient (Wildman–Crippen LogP) is -5.40. The molecule has 0 radical (unpaired) electrons. The lowest BCUT2D eigenvalue weighted by molar-refractivity contribution is -0.364. The Morgan fingerprint density at radius 1 is 0.957 bits per heavy atom. The van der Waals surface area contributed by atoms with Crippen LogP contribution in [0.25, 0.3) is 0 Å². The highest BCUT2D eigenvalue weighted by Gasteiger charge is 2.50. The van der Waals surface area contributed by atoms with Gasteiger partial charge in [0.1, 0.15) is 49.3 Å². The maximum Gasteiger partial charge on any atom is 0.219 e. The second-order valence-electron chi connectivity index (χ2n) is 5.67. The molecule has 0 unspecified atom stereocenters. The zero-order chi connectivity index (χ0) is 17.4. The Hall–Kier alpha value is -0.440. The van der Waals surface area contributed by atoms with Crippen molar-refractivity contribution >= 4 is 0 Å². The van der Waals surface area contributed by atoms with Gasteiger partial charge in [0.05, 0.1) is 13.2 Å². The first kappa shape index (κ1) is 18.9. The van der Waals surface area contributed by atoms with Gasteiger partial charge >= 0.3 is 0 Å². The van der Waals surface area contributed by atoms with Crippen LogP contribution in [0.2, 0.25) is 0 Å². The van der Waals surface area contributed by atoms with Crippen LogP contribution in [0.5, 0.6) is 0 Å². The van der Waals surface area contributed by atoms with Gasteiger partial charge in [-0.2, -0.15) is 0 Å². The molecular formula is C12H22O11. The van der Waals surface area contributed by atoms with E-state index in [2.05, 4.69) is 0 Å². The van der Waals surface area contributed by atoms with E-state index in [1.165, 1.54) is 0 Å². The minimum atomic E-state index is -2.38. The van der Waals surface area contributed by atoms with Gasteiger partial charge in [-0.3, -0.25) is 0 Å². The third-order valence-corrected chi connectivity index (χ3v) is 3.99. The average Bonchev–Trinajstić information content (AvgIpc) is 2.54. The number of aliphatic hydroxyl groups is 8. The molecule has 23 heavy (non-hydrogen) atoms. The molecule has 0 aromatic rings. The van der Waals surface area contributed by atoms with E-state index in [1.807, 2.05) is 0 Å². The smallest absolute Gasteiger partial charge is 0.219 e. The van der Waals surface area contributed by atoms with Gasteiger partial charge < -0.3 is 55.1 Å². The van der Waals surface area contributed by atoms with E-state index in [1.54, 1.807) is 0 Å². The Balaban J connectivity index is 1.99. The molecule has 9 atom stereocenters. The van der Waals surface area contributed by atoms with Crippen molar-refractivity contribution in [2.24, 2.45) is 0 Å². The average molecular weight is 342 g/mol. The minimum Gasteiger partial charge on any atom is -0.394 e. The molecule has 2 rings (SSSR count). The maximum absolute atomic E-state index is 10.1. The molecule has 0 bridgehead atoms. The van der Waals surface area contributed by atoms with Gasteiger partial charge in [0, 0.05) is 0 Å². The van der Waals surface area contributed by atoms with Crippen molar-refractivity contribution in [3.05, 3.63) is 0 Å². The van der Waals surface area contributed by atoms with E-state index in [9.17, 15) is 35.7 Å². The largest absolute Gasteiger partial charge is 0.394 e. The quantitative estimate of drug-likeness (QED) is 0.243. The van der Waals surface area contributed by atoms with Crippen molar-refractivity contribution in [3.8, 4) is 0 Å². The summed E-state index contributed by atoms with van der Waals surface area (Å²) in [5.41, 5.74) is 0. The van der Waals surface area contributed by atoms with Gasteiger partial charge in [-0.25, -0.2) is 0 Å². The molecule has 2 aliphatic rings. The van der Waals surface area contributed by atoms with Crippen molar-refractivity contribution in [3.63, 3.8) is 0 Å². The first-order chi connectivity index (χ1) is 10.7. The number of hydrogen-bond donors (Lipinski definition) is 8. The van der Waals surface area contributed by atoms with Gasteiger partial charge in [0.25, 0.3) is 0 Å². The number of hydrogen-bond acceptors (Lipinski definition) is 11. The number of aliphatic hydroxyl groups excluding tert-OH is 7. The highest BCUT2D eigenvalue weighted by atomic mass is 16.7. The van der Waals surface area contributed by atoms with Crippen molar-refractivity contribution < 1.29 is 55.1 Å². The molecule has 0 aliphatic carbocycles. The van der Waals surface area contributed by atoms with Crippen LogP contribution in [0.1, 0.15) is 0 Å². The predicted molar refractivity (Wildman–Crippen MR) is 68.6 cm³/mol. The maximum atomic E-state index is 10.1. The Morgan fingerprint density at radius 2 is 1.61 bits per heavy atom. The Kier molecular flexibility index (Phi) is 5.92. The Morgan fingerprint density at radius 3 is 2.22 bits per heavy atom. The summed E-state index contributed by atoms with van der Waals surface area (Å²) in [6, 6.07) is 0. The van der Waals surface area contributed by atoms with Gasteiger partial charge in [0.15, 0.2) is 6.29 Å². The van der Waals surface area contributed by atoms with Crippen molar-refractivity contribution in [1.82, 2.24) is 0 Å². The molecule has 0 aromatic heterocycles. The zero-order valence-electron chi connectivity index (χ0n) is 12.0. The van der Waals surface area contributed by atoms with Crippen molar-refractivity contribution in [2.75, 3.05) is 19.8 Å². The SMILES string of the molecule is OC[C@H]1O[C@H](OC[C@]2(O)OC[C@@H](O)[C@@H](O)[C@@H]2O)[C@H](O)[C@@H](O)[C@@H]1O. The van der Waals surface area contributed by atoms with Crippen LogP contribution in [0, 0.1) is 0 Å². The van der Waals surface area contributed by atoms with Crippen molar-refractivity contribution in [2.45, 2.75) is 54.8 Å². The fourth-order valence-electron chi connectivity index (χ4n) is 2.42. The van der Waals surface area contributed by atoms with Crippen LogP contribution in [-0.4, -0.2) is 115 Å². The molecule has 2 heterocycles. The fourth-order valence-corrected chi connectivity index (χ4v) is 2.42. The lowest BCUT2D eigenvalue weighted by Crippen LogP contribution is -2.64. The van der Waals surface area contributed by atoms with E-state index >= 15 is 0 Å². The summed E-state index contributed by atoms with van der Waals surface area (Å²) >= 11 is 0. The highest BCUT2D eigenvalue weighted by Crippen LogP contribution is 2.27. The lowest BCUT2D eigenvalue weighted by atomic mass is 9.97. The van der Waals surface area contributed by atoms with Crippen LogP contribution in [0.4, 0.5) is 0 Å². The first-order valence-electron chi connectivity index (χ1n) is 7.04. The molecule has 2 aliphatic heterocycles. The Bertz CT molecular complexity index is 393. The summed E-state index contributed by atoms with van der Waals surface area (Å²) in [4.78, 5) is 0. The summed E-state index contributed by atoms with van der Waals surface area (Å²) in [6.45, 7) is -1.90. The molecule has 0 amide bonds. The zero-order valence-corrected chi connectivity index (χ0v) is 12.0. The monoisotopic (exact) mass is 342 g/mol. The molecule has 11 heteroatoms. The van der Waals surface area contributed by atoms with E-state index in [-0.39, 0.29) is 0 Å². The normalized spacial score (nSPS) is 51.7. The van der Waals surface area contributed by atoms with Gasteiger partial charge in [-0.05, 0) is 0 Å². The molecule has 11 nitrogen and oxygen atoms in total. The first-order valence-corrected chi connectivity index (χ1v) is 7.04. The molecular weight excluding hydrogens is 320 g/mol. The van der Waals surface area contributed by atoms with Crippen LogP contribution in [0.15, 0.2) is 0 Å². The standard InChI is InChI=1S/C12H22O11/c13-1-5-7(16)8(17)9(18)11(23-5)21-3-12(20)10(19)6(15)4(14)2-22-12/h4-11,13-20H,1-3H2/t4-,5-,6-,7-,8+,9-,10+,11+,12+/m1/s1. The molecule has 2 saturated heterocycles. The summed E-state index contributed by atoms with van der Waals surface area (Å²) < 4.78 is 15.0. The van der Waals surface area contributed by atoms with Gasteiger partial charge in [-0.1, -0.05) is 0 Å². The minimum absolute atomic E-state index is 0.466. The third kappa shape index (κ3) is 3.65. The van der Waals surface area contributed by atoms with Gasteiger partial charge in [0.2, 0.25) is 5.79 Å². The molecule has 8 N–H and O–H groups in total. The van der Waals surface area contributed by atoms with E-state index < -0.39 is 74.6 Å². The number of ether oxygens (including phenoxy) is 3. The van der Waals surface area contributed by atoms with Gasteiger partial charge in [-0.15, -0.1) is 0 Å². The molecule has 2 fully saturated rings. The van der Waals surface area contributed by atoms with Crippen LogP contribution >= 0.6 is 0 Å². The summed E-state index contributed by atoms with van der Waals surface area (Å²) in [5, 5.41) is 76.8. The van der Waals surface area contributed by atoms with Crippen LogP contribution in [0.3, 0.4) is 0 Å². The third-order valence-electron chi connectivity index (χ3n) is 3.99. The molecule has 136 valence electrons. The second-order valence-corrected chi connectivity index (χ2v) is 5.67. The molecule has 0 aromatic carbocycles. The van der Waals surface area contributed by atoms with E-state index in [4.69, 9.17) is 19.3 Å². The number of rotatable bonds is 4.